The van der Waals surface area contributed by atoms with Gasteiger partial charge in [-0.1, -0.05) is 0 Å². The number of nitrogens with one attached hydrogen (secondary N) is 3. The second-order valence-corrected chi connectivity index (χ2v) is 7.93. The number of rotatable bonds is 7. The van der Waals surface area contributed by atoms with Gasteiger partial charge in [0.15, 0.2) is 5.96 Å². The van der Waals surface area contributed by atoms with E-state index >= 15 is 0 Å². The molecule has 8 nitrogen and oxygen atoms in total. The number of guanidine groups is 1. The highest BCUT2D eigenvalue weighted by atomic mass is 32.2. The van der Waals surface area contributed by atoms with Crippen LogP contribution < -0.4 is 15.4 Å². The van der Waals surface area contributed by atoms with Crippen molar-refractivity contribution in [2.75, 3.05) is 33.3 Å². The van der Waals surface area contributed by atoms with Crippen molar-refractivity contribution in [1.82, 2.24) is 19.9 Å². The van der Waals surface area contributed by atoms with E-state index in [-0.39, 0.29) is 17.0 Å². The molecule has 1 atom stereocenters. The molecule has 0 saturated carbocycles. The Hall–Kier alpha value is -1.58. The first-order chi connectivity index (χ1) is 11.3. The minimum Gasteiger partial charge on any atom is -0.373 e. The van der Waals surface area contributed by atoms with Gasteiger partial charge >= 0.3 is 0 Å². The molecule has 1 fully saturated rings. The van der Waals surface area contributed by atoms with Crippen LogP contribution in [0.4, 0.5) is 0 Å². The molecule has 0 aliphatic carbocycles. The third-order valence-corrected chi connectivity index (χ3v) is 5.42. The van der Waals surface area contributed by atoms with Gasteiger partial charge in [-0.3, -0.25) is 4.99 Å². The maximum absolute atomic E-state index is 12.1. The average Bonchev–Trinajstić information content (AvgIpc) is 3.16. The Morgan fingerprint density at radius 2 is 2.21 bits per heavy atom. The molecule has 0 spiro atoms. The zero-order chi connectivity index (χ0) is 17.6. The van der Waals surface area contributed by atoms with Crippen molar-refractivity contribution in [3.05, 3.63) is 18.5 Å². The monoisotopic (exact) mass is 357 g/mol. The summed E-state index contributed by atoms with van der Waals surface area (Å²) in [5.41, 5.74) is -0.160. The van der Waals surface area contributed by atoms with Gasteiger partial charge in [-0.25, -0.2) is 13.1 Å². The van der Waals surface area contributed by atoms with Crippen LogP contribution in [0.3, 0.4) is 0 Å². The van der Waals surface area contributed by atoms with Crippen molar-refractivity contribution in [3.63, 3.8) is 0 Å². The van der Waals surface area contributed by atoms with Gasteiger partial charge in [0.05, 0.1) is 10.5 Å². The molecule has 24 heavy (non-hydrogen) atoms. The first-order valence-electron chi connectivity index (χ1n) is 8.05. The Morgan fingerprint density at radius 1 is 1.42 bits per heavy atom. The predicted molar refractivity (Wildman–Crippen MR) is 93.6 cm³/mol. The SMILES string of the molecule is CN=C(NCCNS(=O)(=O)c1ccn(C)c1)NCC1(C)CCCO1. The number of aromatic nitrogens is 1. The lowest BCUT2D eigenvalue weighted by Gasteiger charge is -2.24. The van der Waals surface area contributed by atoms with Gasteiger partial charge in [0.25, 0.3) is 0 Å². The van der Waals surface area contributed by atoms with Crippen LogP contribution in [0.15, 0.2) is 28.3 Å². The molecule has 2 heterocycles. The van der Waals surface area contributed by atoms with Gasteiger partial charge in [0.1, 0.15) is 0 Å². The molecule has 3 N–H and O–H groups in total. The Kier molecular flexibility index (Phi) is 6.25. The highest BCUT2D eigenvalue weighted by Gasteiger charge is 2.29. The third-order valence-electron chi connectivity index (χ3n) is 3.98. The minimum atomic E-state index is -3.47. The van der Waals surface area contributed by atoms with Crippen LogP contribution in [-0.2, 0) is 21.8 Å². The number of nitrogens with zero attached hydrogens (tertiary/aromatic N) is 2. The van der Waals surface area contributed by atoms with E-state index < -0.39 is 10.0 Å². The summed E-state index contributed by atoms with van der Waals surface area (Å²) < 4.78 is 34.2. The van der Waals surface area contributed by atoms with Crippen molar-refractivity contribution >= 4 is 16.0 Å². The number of hydrogen-bond acceptors (Lipinski definition) is 4. The molecule has 1 aromatic heterocycles. The van der Waals surface area contributed by atoms with E-state index in [1.807, 2.05) is 0 Å². The van der Waals surface area contributed by atoms with E-state index in [1.54, 1.807) is 37.1 Å². The zero-order valence-electron chi connectivity index (χ0n) is 14.5. The van der Waals surface area contributed by atoms with Crippen LogP contribution in [-0.4, -0.2) is 57.8 Å². The first kappa shape index (κ1) is 18.8. The van der Waals surface area contributed by atoms with Crippen LogP contribution in [0.1, 0.15) is 19.8 Å². The lowest BCUT2D eigenvalue weighted by Crippen LogP contribution is -2.47. The maximum atomic E-state index is 12.1. The minimum absolute atomic E-state index is 0.160. The fraction of sp³-hybridized carbons (Fsp3) is 0.667. The zero-order valence-corrected chi connectivity index (χ0v) is 15.3. The lowest BCUT2D eigenvalue weighted by molar-refractivity contribution is 0.0243. The predicted octanol–water partition coefficient (Wildman–Crippen LogP) is 0.0375. The third kappa shape index (κ3) is 5.22. The fourth-order valence-electron chi connectivity index (χ4n) is 2.55. The van der Waals surface area contributed by atoms with Gasteiger partial charge in [-0.15, -0.1) is 0 Å². The van der Waals surface area contributed by atoms with Crippen molar-refractivity contribution in [2.24, 2.45) is 12.0 Å². The van der Waals surface area contributed by atoms with E-state index in [2.05, 4.69) is 27.3 Å². The molecule has 9 heteroatoms. The van der Waals surface area contributed by atoms with Crippen molar-refractivity contribution in [1.29, 1.82) is 0 Å². The fourth-order valence-corrected chi connectivity index (χ4v) is 3.64. The first-order valence-corrected chi connectivity index (χ1v) is 9.53. The van der Waals surface area contributed by atoms with E-state index in [9.17, 15) is 8.42 Å². The van der Waals surface area contributed by atoms with Crippen molar-refractivity contribution in [2.45, 2.75) is 30.3 Å². The second-order valence-electron chi connectivity index (χ2n) is 6.16. The Bertz CT molecular complexity index is 662. The van der Waals surface area contributed by atoms with E-state index in [4.69, 9.17) is 4.74 Å². The van der Waals surface area contributed by atoms with E-state index in [0.29, 0.717) is 19.0 Å². The van der Waals surface area contributed by atoms with Crippen LogP contribution in [0.25, 0.3) is 0 Å². The quantitative estimate of drug-likeness (QED) is 0.364. The summed E-state index contributed by atoms with van der Waals surface area (Å²) >= 11 is 0. The molecule has 1 aromatic rings. The molecule has 1 unspecified atom stereocenters. The molecule has 0 bridgehead atoms. The van der Waals surface area contributed by atoms with Gasteiger partial charge in [-0.2, -0.15) is 0 Å². The molecule has 0 amide bonds. The van der Waals surface area contributed by atoms with Crippen LogP contribution in [0.5, 0.6) is 0 Å². The normalized spacial score (nSPS) is 21.9. The second kappa shape index (κ2) is 8.00. The topological polar surface area (TPSA) is 96.8 Å². The summed E-state index contributed by atoms with van der Waals surface area (Å²) in [5.74, 6) is 0.630. The van der Waals surface area contributed by atoms with Crippen LogP contribution >= 0.6 is 0 Å². The molecule has 1 aliphatic heterocycles. The molecule has 136 valence electrons. The molecule has 1 aliphatic rings. The highest BCUT2D eigenvalue weighted by molar-refractivity contribution is 7.89. The maximum Gasteiger partial charge on any atom is 0.242 e. The molecular weight excluding hydrogens is 330 g/mol. The average molecular weight is 357 g/mol. The van der Waals surface area contributed by atoms with Gasteiger partial charge < -0.3 is 19.9 Å². The number of aryl methyl sites for hydroxylation is 1. The summed E-state index contributed by atoms with van der Waals surface area (Å²) in [6.45, 7) is 4.25. The van der Waals surface area contributed by atoms with Crippen LogP contribution in [0.2, 0.25) is 0 Å². The standard InChI is InChI=1S/C15H27N5O3S/c1-15(6-4-10-23-15)12-18-14(16-2)17-7-8-19-24(21,22)13-5-9-20(3)11-13/h5,9,11,19H,4,6-8,10,12H2,1-3H3,(H2,16,17,18). The summed E-state index contributed by atoms with van der Waals surface area (Å²) in [4.78, 5) is 4.40. The number of ether oxygens (including phenoxy) is 1. The highest BCUT2D eigenvalue weighted by Crippen LogP contribution is 2.23. The summed E-state index contributed by atoms with van der Waals surface area (Å²) in [7, 11) is -0.00600. The van der Waals surface area contributed by atoms with Crippen LogP contribution in [0, 0.1) is 0 Å². The largest absolute Gasteiger partial charge is 0.373 e. The molecule has 0 aromatic carbocycles. The van der Waals surface area contributed by atoms with Gasteiger partial charge in [0.2, 0.25) is 10.0 Å². The van der Waals surface area contributed by atoms with E-state index in [1.165, 1.54) is 0 Å². The van der Waals surface area contributed by atoms with Gasteiger partial charge in [-0.05, 0) is 25.8 Å². The number of aliphatic imine (C=N–C) groups is 1. The van der Waals surface area contributed by atoms with E-state index in [0.717, 1.165) is 19.4 Å². The molecule has 2 rings (SSSR count). The number of hydrogen-bond donors (Lipinski definition) is 3. The summed E-state index contributed by atoms with van der Waals surface area (Å²) in [6, 6.07) is 1.57. The smallest absolute Gasteiger partial charge is 0.242 e. The Balaban J connectivity index is 1.72. The lowest BCUT2D eigenvalue weighted by atomic mass is 10.0. The Labute approximate surface area is 143 Å². The molecule has 0 radical (unpaired) electrons. The van der Waals surface area contributed by atoms with Crippen molar-refractivity contribution < 1.29 is 13.2 Å². The number of sulfonamides is 1. The van der Waals surface area contributed by atoms with Crippen molar-refractivity contribution in [3.8, 4) is 0 Å². The Morgan fingerprint density at radius 3 is 2.79 bits per heavy atom. The van der Waals surface area contributed by atoms with Gasteiger partial charge in [0, 0.05) is 52.7 Å². The summed E-state index contributed by atoms with van der Waals surface area (Å²) in [5, 5.41) is 6.31. The summed E-state index contributed by atoms with van der Waals surface area (Å²) in [6.07, 6.45) is 5.36. The molecule has 1 saturated heterocycles. The molecular formula is C15H27N5O3S.